The lowest BCUT2D eigenvalue weighted by Crippen LogP contribution is -2.26. The zero-order valence-corrected chi connectivity index (χ0v) is 13.0. The van der Waals surface area contributed by atoms with E-state index >= 15 is 0 Å². The topological polar surface area (TPSA) is 68.5 Å². The van der Waals surface area contributed by atoms with Crippen molar-refractivity contribution in [2.45, 2.75) is 13.5 Å². The Hall–Kier alpha value is -1.89. The van der Waals surface area contributed by atoms with Crippen molar-refractivity contribution in [1.82, 2.24) is 15.0 Å². The van der Waals surface area contributed by atoms with Crippen LogP contribution in [0.1, 0.15) is 22.1 Å². The number of hydrogen-bond donors (Lipinski definition) is 0. The molecular weight excluding hydrogens is 326 g/mol. The number of carbonyl (C=O) groups is 1. The van der Waals surface area contributed by atoms with Gasteiger partial charge in [0, 0.05) is 24.0 Å². The summed E-state index contributed by atoms with van der Waals surface area (Å²) in [5.74, 6) is 1.42. The molecule has 0 unspecified atom stereocenters. The van der Waals surface area contributed by atoms with Gasteiger partial charge in [0.25, 0.3) is 5.91 Å². The smallest absolute Gasteiger partial charge is 0.254 e. The first kappa shape index (κ1) is 14.5. The monoisotopic (exact) mass is 339 g/mol. The van der Waals surface area contributed by atoms with Gasteiger partial charge in [-0.15, -0.1) is 0 Å². The van der Waals surface area contributed by atoms with E-state index in [4.69, 9.17) is 9.26 Å². The zero-order valence-electron chi connectivity index (χ0n) is 11.4. The SMILES string of the molecule is COc1cc(Br)cc(C(=O)N(C)Cc2noc(C)n2)c1. The Morgan fingerprint density at radius 3 is 2.80 bits per heavy atom. The summed E-state index contributed by atoms with van der Waals surface area (Å²) in [6, 6.07) is 5.22. The van der Waals surface area contributed by atoms with Crippen molar-refractivity contribution in [3.8, 4) is 5.75 Å². The van der Waals surface area contributed by atoms with Crippen LogP contribution in [-0.4, -0.2) is 35.1 Å². The molecule has 0 atom stereocenters. The predicted octanol–water partition coefficient (Wildman–Crippen LogP) is 2.42. The summed E-state index contributed by atoms with van der Waals surface area (Å²) in [5, 5.41) is 3.77. The lowest BCUT2D eigenvalue weighted by atomic mass is 10.2. The summed E-state index contributed by atoms with van der Waals surface area (Å²) in [6.45, 7) is 1.99. The summed E-state index contributed by atoms with van der Waals surface area (Å²) in [5.41, 5.74) is 0.527. The van der Waals surface area contributed by atoms with Gasteiger partial charge in [0.1, 0.15) is 5.75 Å². The number of benzene rings is 1. The largest absolute Gasteiger partial charge is 0.497 e. The third-order valence-corrected chi connectivity index (χ3v) is 3.11. The zero-order chi connectivity index (χ0) is 14.7. The van der Waals surface area contributed by atoms with Crippen molar-refractivity contribution < 1.29 is 14.1 Å². The van der Waals surface area contributed by atoms with E-state index in [-0.39, 0.29) is 12.5 Å². The minimum absolute atomic E-state index is 0.146. The van der Waals surface area contributed by atoms with E-state index in [1.807, 2.05) is 0 Å². The molecular formula is C13H14BrN3O3. The van der Waals surface area contributed by atoms with Gasteiger partial charge in [0.05, 0.1) is 13.7 Å². The summed E-state index contributed by atoms with van der Waals surface area (Å²) >= 11 is 3.35. The lowest BCUT2D eigenvalue weighted by molar-refractivity contribution is 0.0780. The molecule has 0 aliphatic heterocycles. The van der Waals surface area contributed by atoms with Crippen LogP contribution in [0.5, 0.6) is 5.75 Å². The Balaban J connectivity index is 2.15. The Bertz CT molecular complexity index is 627. The van der Waals surface area contributed by atoms with Crippen molar-refractivity contribution in [3.63, 3.8) is 0 Å². The molecule has 0 fully saturated rings. The average molecular weight is 340 g/mol. The second kappa shape index (κ2) is 6.04. The Labute approximate surface area is 124 Å². The maximum Gasteiger partial charge on any atom is 0.254 e. The van der Waals surface area contributed by atoms with Crippen molar-refractivity contribution >= 4 is 21.8 Å². The van der Waals surface area contributed by atoms with Gasteiger partial charge in [-0.1, -0.05) is 21.1 Å². The van der Waals surface area contributed by atoms with Gasteiger partial charge in [-0.3, -0.25) is 4.79 Å². The van der Waals surface area contributed by atoms with Gasteiger partial charge >= 0.3 is 0 Å². The van der Waals surface area contributed by atoms with Gasteiger partial charge in [-0.2, -0.15) is 4.98 Å². The van der Waals surface area contributed by atoms with Crippen LogP contribution in [-0.2, 0) is 6.54 Å². The fourth-order valence-electron chi connectivity index (χ4n) is 1.71. The minimum Gasteiger partial charge on any atom is -0.497 e. The molecule has 1 aromatic carbocycles. The molecule has 0 aliphatic carbocycles. The van der Waals surface area contributed by atoms with E-state index in [1.54, 1.807) is 39.3 Å². The number of methoxy groups -OCH3 is 1. The molecule has 0 radical (unpaired) electrons. The number of nitrogens with zero attached hydrogens (tertiary/aromatic N) is 3. The van der Waals surface area contributed by atoms with E-state index in [0.29, 0.717) is 23.0 Å². The van der Waals surface area contributed by atoms with E-state index in [2.05, 4.69) is 26.1 Å². The highest BCUT2D eigenvalue weighted by atomic mass is 79.9. The molecule has 20 heavy (non-hydrogen) atoms. The normalized spacial score (nSPS) is 10.4. The van der Waals surface area contributed by atoms with Crippen molar-refractivity contribution in [3.05, 3.63) is 40.0 Å². The van der Waals surface area contributed by atoms with E-state index in [9.17, 15) is 4.79 Å². The van der Waals surface area contributed by atoms with Crippen molar-refractivity contribution in [2.24, 2.45) is 0 Å². The number of aromatic nitrogens is 2. The van der Waals surface area contributed by atoms with Crippen LogP contribution < -0.4 is 4.74 Å². The molecule has 0 N–H and O–H groups in total. The van der Waals surface area contributed by atoms with E-state index in [1.165, 1.54) is 4.90 Å². The fourth-order valence-corrected chi connectivity index (χ4v) is 2.19. The van der Waals surface area contributed by atoms with Crippen LogP contribution >= 0.6 is 15.9 Å². The fraction of sp³-hybridized carbons (Fsp3) is 0.308. The molecule has 0 spiro atoms. The highest BCUT2D eigenvalue weighted by Gasteiger charge is 2.16. The highest BCUT2D eigenvalue weighted by molar-refractivity contribution is 9.10. The van der Waals surface area contributed by atoms with Crippen LogP contribution in [0.2, 0.25) is 0 Å². The van der Waals surface area contributed by atoms with Gasteiger partial charge in [0.2, 0.25) is 5.89 Å². The summed E-state index contributed by atoms with van der Waals surface area (Å²) in [4.78, 5) is 17.9. The number of aryl methyl sites for hydroxylation is 1. The third kappa shape index (κ3) is 3.36. The number of hydrogen-bond acceptors (Lipinski definition) is 5. The summed E-state index contributed by atoms with van der Waals surface area (Å²) < 4.78 is 10.8. The number of ether oxygens (including phenoxy) is 1. The van der Waals surface area contributed by atoms with Crippen LogP contribution in [0, 0.1) is 6.92 Å². The Kier molecular flexibility index (Phi) is 4.39. The number of rotatable bonds is 4. The molecule has 0 aliphatic rings. The second-order valence-electron chi connectivity index (χ2n) is 4.27. The number of halogens is 1. The maximum atomic E-state index is 12.3. The molecule has 0 bridgehead atoms. The third-order valence-electron chi connectivity index (χ3n) is 2.65. The molecule has 1 heterocycles. The molecule has 6 nitrogen and oxygen atoms in total. The van der Waals surface area contributed by atoms with Crippen LogP contribution in [0.4, 0.5) is 0 Å². The van der Waals surface area contributed by atoms with Gasteiger partial charge < -0.3 is 14.2 Å². The van der Waals surface area contributed by atoms with Gasteiger partial charge in [-0.05, 0) is 18.2 Å². The van der Waals surface area contributed by atoms with Crippen LogP contribution in [0.3, 0.4) is 0 Å². The first-order valence-corrected chi connectivity index (χ1v) is 6.68. The number of amides is 1. The lowest BCUT2D eigenvalue weighted by Gasteiger charge is -2.15. The first-order valence-electron chi connectivity index (χ1n) is 5.89. The summed E-state index contributed by atoms with van der Waals surface area (Å²) in [6.07, 6.45) is 0. The standard InChI is InChI=1S/C13H14BrN3O3/c1-8-15-12(16-20-8)7-17(2)13(18)9-4-10(14)6-11(5-9)19-3/h4-6H,7H2,1-3H3. The average Bonchev–Trinajstić information content (AvgIpc) is 2.82. The highest BCUT2D eigenvalue weighted by Crippen LogP contribution is 2.22. The van der Waals surface area contributed by atoms with Crippen molar-refractivity contribution in [1.29, 1.82) is 0 Å². The molecule has 106 valence electrons. The first-order chi connectivity index (χ1) is 9.49. The molecule has 1 aromatic heterocycles. The van der Waals surface area contributed by atoms with Gasteiger partial charge in [-0.25, -0.2) is 0 Å². The van der Waals surface area contributed by atoms with E-state index in [0.717, 1.165) is 4.47 Å². The molecule has 2 rings (SSSR count). The van der Waals surface area contributed by atoms with Crippen LogP contribution in [0.25, 0.3) is 0 Å². The summed E-state index contributed by atoms with van der Waals surface area (Å²) in [7, 11) is 3.24. The van der Waals surface area contributed by atoms with E-state index < -0.39 is 0 Å². The molecule has 7 heteroatoms. The molecule has 1 amide bonds. The minimum atomic E-state index is -0.146. The quantitative estimate of drug-likeness (QED) is 0.855. The molecule has 0 saturated carbocycles. The van der Waals surface area contributed by atoms with Gasteiger partial charge in [0.15, 0.2) is 5.82 Å². The Morgan fingerprint density at radius 2 is 2.20 bits per heavy atom. The molecule has 0 saturated heterocycles. The van der Waals surface area contributed by atoms with Crippen LogP contribution in [0.15, 0.2) is 27.2 Å². The molecule has 2 aromatic rings. The number of carbonyl (C=O) groups excluding carboxylic acids is 1. The second-order valence-corrected chi connectivity index (χ2v) is 5.19. The Morgan fingerprint density at radius 1 is 1.45 bits per heavy atom. The predicted molar refractivity (Wildman–Crippen MR) is 75.5 cm³/mol. The van der Waals surface area contributed by atoms with Crippen molar-refractivity contribution in [2.75, 3.05) is 14.2 Å². The maximum absolute atomic E-state index is 12.3.